The van der Waals surface area contributed by atoms with E-state index in [-0.39, 0.29) is 19.8 Å². The van der Waals surface area contributed by atoms with Crippen molar-refractivity contribution in [1.82, 2.24) is 0 Å². The Morgan fingerprint density at radius 1 is 0.778 bits per heavy atom. The smallest absolute Gasteiger partial charge is 0.338 e. The summed E-state index contributed by atoms with van der Waals surface area (Å²) in [6, 6.07) is 26.7. The third-order valence-corrected chi connectivity index (χ3v) is 5.57. The maximum atomic E-state index is 13.0. The van der Waals surface area contributed by atoms with E-state index in [1.807, 2.05) is 30.3 Å². The normalized spacial score (nSPS) is 21.3. The Hall–Kier alpha value is -3.78. The van der Waals surface area contributed by atoms with E-state index < -0.39 is 36.5 Å². The van der Waals surface area contributed by atoms with E-state index >= 15 is 0 Å². The van der Waals surface area contributed by atoms with Gasteiger partial charge in [0.15, 0.2) is 18.5 Å². The molecule has 0 aromatic heterocycles. The average molecular weight is 489 g/mol. The Kier molecular flexibility index (Phi) is 8.99. The van der Waals surface area contributed by atoms with Crippen molar-refractivity contribution in [2.75, 3.05) is 13.2 Å². The third-order valence-electron chi connectivity index (χ3n) is 5.57. The van der Waals surface area contributed by atoms with E-state index in [2.05, 4.69) is 6.58 Å². The van der Waals surface area contributed by atoms with Gasteiger partial charge in [-0.3, -0.25) is 0 Å². The highest BCUT2D eigenvalue weighted by molar-refractivity contribution is 5.90. The fourth-order valence-electron chi connectivity index (χ4n) is 3.78. The van der Waals surface area contributed by atoms with E-state index in [1.54, 1.807) is 66.7 Å². The predicted molar refractivity (Wildman–Crippen MR) is 132 cm³/mol. The van der Waals surface area contributed by atoms with Crippen molar-refractivity contribution >= 4 is 11.9 Å². The van der Waals surface area contributed by atoms with Crippen LogP contribution in [0.4, 0.5) is 0 Å². The Morgan fingerprint density at radius 2 is 1.33 bits per heavy atom. The summed E-state index contributed by atoms with van der Waals surface area (Å²) in [6.07, 6.45) is -2.07. The number of hydrogen-bond donors (Lipinski definition) is 0. The van der Waals surface area contributed by atoms with Crippen LogP contribution in [0, 0.1) is 0 Å². The predicted octanol–water partition coefficient (Wildman–Crippen LogP) is 4.58. The molecule has 4 atom stereocenters. The quantitative estimate of drug-likeness (QED) is 0.305. The van der Waals surface area contributed by atoms with Crippen molar-refractivity contribution in [3.63, 3.8) is 0 Å². The van der Waals surface area contributed by atoms with Crippen LogP contribution in [0.2, 0.25) is 0 Å². The summed E-state index contributed by atoms with van der Waals surface area (Å²) in [5, 5.41) is 0. The highest BCUT2D eigenvalue weighted by Crippen LogP contribution is 2.27. The molecule has 1 saturated heterocycles. The molecule has 3 aromatic rings. The number of ether oxygens (including phenoxy) is 5. The number of benzene rings is 3. The van der Waals surface area contributed by atoms with E-state index in [0.717, 1.165) is 5.56 Å². The van der Waals surface area contributed by atoms with Gasteiger partial charge in [-0.05, 0) is 29.8 Å². The minimum atomic E-state index is -0.988. The van der Waals surface area contributed by atoms with Crippen LogP contribution in [0.15, 0.2) is 104 Å². The molecule has 0 bridgehead atoms. The first-order valence-corrected chi connectivity index (χ1v) is 11.7. The van der Waals surface area contributed by atoms with Gasteiger partial charge >= 0.3 is 11.9 Å². The third kappa shape index (κ3) is 6.66. The summed E-state index contributed by atoms with van der Waals surface area (Å²) < 4.78 is 29.5. The molecule has 0 N–H and O–H groups in total. The summed E-state index contributed by atoms with van der Waals surface area (Å²) in [6.45, 7) is 4.05. The van der Waals surface area contributed by atoms with Crippen LogP contribution < -0.4 is 0 Å². The lowest BCUT2D eigenvalue weighted by atomic mass is 10.0. The van der Waals surface area contributed by atoms with Gasteiger partial charge in [0, 0.05) is 0 Å². The second kappa shape index (κ2) is 12.8. The molecule has 186 valence electrons. The SMILES string of the molecule is C=CCO[C@H]1OC[C@@H](OC(=O)c2ccccc2)[C@H](OC(=O)c2ccccc2)[C@H]1OCc1ccccc1. The molecule has 7 nitrogen and oxygen atoms in total. The fourth-order valence-corrected chi connectivity index (χ4v) is 3.78. The van der Waals surface area contributed by atoms with E-state index in [4.69, 9.17) is 23.7 Å². The largest absolute Gasteiger partial charge is 0.452 e. The molecule has 4 rings (SSSR count). The molecule has 7 heteroatoms. The summed E-state index contributed by atoms with van der Waals surface area (Å²) >= 11 is 0. The molecule has 0 radical (unpaired) electrons. The van der Waals surface area contributed by atoms with Crippen molar-refractivity contribution in [3.05, 3.63) is 120 Å². The highest BCUT2D eigenvalue weighted by Gasteiger charge is 2.46. The summed E-state index contributed by atoms with van der Waals surface area (Å²) in [5.74, 6) is -1.13. The lowest BCUT2D eigenvalue weighted by molar-refractivity contribution is -0.279. The van der Waals surface area contributed by atoms with Gasteiger partial charge in [-0.15, -0.1) is 6.58 Å². The van der Waals surface area contributed by atoms with Crippen LogP contribution in [-0.2, 0) is 30.3 Å². The molecule has 3 aromatic carbocycles. The zero-order valence-electron chi connectivity index (χ0n) is 19.7. The van der Waals surface area contributed by atoms with Crippen LogP contribution in [0.25, 0.3) is 0 Å². The number of carbonyl (C=O) groups is 2. The van der Waals surface area contributed by atoms with Crippen LogP contribution in [0.5, 0.6) is 0 Å². The maximum Gasteiger partial charge on any atom is 0.338 e. The zero-order valence-corrected chi connectivity index (χ0v) is 19.7. The molecule has 0 aliphatic carbocycles. The molecular formula is C29H28O7. The van der Waals surface area contributed by atoms with Crippen LogP contribution in [0.3, 0.4) is 0 Å². The lowest BCUT2D eigenvalue weighted by Crippen LogP contribution is -2.57. The van der Waals surface area contributed by atoms with Gasteiger partial charge in [-0.2, -0.15) is 0 Å². The zero-order chi connectivity index (χ0) is 25.2. The van der Waals surface area contributed by atoms with Gasteiger partial charge in [-0.25, -0.2) is 9.59 Å². The van der Waals surface area contributed by atoms with Crippen molar-refractivity contribution in [2.24, 2.45) is 0 Å². The maximum absolute atomic E-state index is 13.0. The molecule has 0 amide bonds. The van der Waals surface area contributed by atoms with Crippen LogP contribution >= 0.6 is 0 Å². The highest BCUT2D eigenvalue weighted by atomic mass is 16.7. The summed E-state index contributed by atoms with van der Waals surface area (Å²) in [5.41, 5.74) is 1.65. The van der Waals surface area contributed by atoms with Gasteiger partial charge in [0.1, 0.15) is 6.10 Å². The molecule has 1 heterocycles. The second-order valence-electron chi connectivity index (χ2n) is 8.13. The second-order valence-corrected chi connectivity index (χ2v) is 8.13. The first-order valence-electron chi connectivity index (χ1n) is 11.7. The number of rotatable bonds is 10. The van der Waals surface area contributed by atoms with E-state index in [9.17, 15) is 9.59 Å². The molecule has 1 fully saturated rings. The summed E-state index contributed by atoms with van der Waals surface area (Å²) in [7, 11) is 0. The fraction of sp³-hybridized carbons (Fsp3) is 0.241. The van der Waals surface area contributed by atoms with Crippen LogP contribution in [-0.4, -0.2) is 49.8 Å². The molecule has 36 heavy (non-hydrogen) atoms. The Labute approximate surface area is 210 Å². The minimum Gasteiger partial charge on any atom is -0.452 e. The van der Waals surface area contributed by atoms with Gasteiger partial charge in [0.05, 0.1) is 30.9 Å². The van der Waals surface area contributed by atoms with Gasteiger partial charge in [0.2, 0.25) is 0 Å². The monoisotopic (exact) mass is 488 g/mol. The number of carbonyl (C=O) groups excluding carboxylic acids is 2. The Balaban J connectivity index is 1.60. The molecule has 0 unspecified atom stereocenters. The van der Waals surface area contributed by atoms with Crippen molar-refractivity contribution in [2.45, 2.75) is 31.2 Å². The lowest BCUT2D eigenvalue weighted by Gasteiger charge is -2.40. The number of hydrogen-bond acceptors (Lipinski definition) is 7. The summed E-state index contributed by atoms with van der Waals surface area (Å²) in [4.78, 5) is 25.9. The van der Waals surface area contributed by atoms with Crippen molar-refractivity contribution in [3.8, 4) is 0 Å². The minimum absolute atomic E-state index is 0.0433. The molecule has 0 spiro atoms. The van der Waals surface area contributed by atoms with Crippen molar-refractivity contribution in [1.29, 1.82) is 0 Å². The van der Waals surface area contributed by atoms with Gasteiger partial charge in [0.25, 0.3) is 0 Å². The Bertz CT molecular complexity index is 1120. The topological polar surface area (TPSA) is 80.3 Å². The Morgan fingerprint density at radius 3 is 1.92 bits per heavy atom. The average Bonchev–Trinajstić information content (AvgIpc) is 2.93. The van der Waals surface area contributed by atoms with E-state index in [0.29, 0.717) is 11.1 Å². The van der Waals surface area contributed by atoms with E-state index in [1.165, 1.54) is 0 Å². The molecular weight excluding hydrogens is 460 g/mol. The number of esters is 2. The van der Waals surface area contributed by atoms with Gasteiger partial charge in [-0.1, -0.05) is 72.8 Å². The molecule has 1 aliphatic rings. The molecule has 0 saturated carbocycles. The van der Waals surface area contributed by atoms with Gasteiger partial charge < -0.3 is 23.7 Å². The molecule has 1 aliphatic heterocycles. The first kappa shape index (κ1) is 25.3. The van der Waals surface area contributed by atoms with Crippen LogP contribution in [0.1, 0.15) is 26.3 Å². The first-order chi connectivity index (χ1) is 17.7. The standard InChI is InChI=1S/C29H28O7/c1-2-18-32-29-26(33-19-21-12-6-3-7-13-21)25(36-28(31)23-16-10-5-11-17-23)24(20-34-29)35-27(30)22-14-8-4-9-15-22/h2-17,24-26,29H,1,18-20H2/t24-,25+,26-,29+/m1/s1. The van der Waals surface area contributed by atoms with Crippen molar-refractivity contribution < 1.29 is 33.3 Å².